The molecule has 1 saturated heterocycles. The molecule has 0 amide bonds. The van der Waals surface area contributed by atoms with Crippen LogP contribution in [0.2, 0.25) is 0 Å². The molecule has 1 aliphatic rings. The molecule has 2 aromatic heterocycles. The lowest BCUT2D eigenvalue weighted by Crippen LogP contribution is -2.39. The van der Waals surface area contributed by atoms with E-state index in [-0.39, 0.29) is 24.2 Å². The number of hydrogen-bond acceptors (Lipinski definition) is 8. The van der Waals surface area contributed by atoms with E-state index in [0.29, 0.717) is 43.3 Å². The quantitative estimate of drug-likeness (QED) is 0.592. The molecule has 11 heteroatoms. The fourth-order valence-electron chi connectivity index (χ4n) is 3.32. The summed E-state index contributed by atoms with van der Waals surface area (Å²) in [6, 6.07) is 8.76. The highest BCUT2D eigenvalue weighted by Crippen LogP contribution is 2.37. The van der Waals surface area contributed by atoms with E-state index < -0.39 is 11.7 Å². The molecule has 8 nitrogen and oxygen atoms in total. The van der Waals surface area contributed by atoms with Gasteiger partial charge in [0, 0.05) is 32.1 Å². The highest BCUT2D eigenvalue weighted by molar-refractivity contribution is 5.56. The van der Waals surface area contributed by atoms with Crippen LogP contribution in [0.25, 0.3) is 11.6 Å². The lowest BCUT2D eigenvalue weighted by molar-refractivity contribution is -0.139. The first-order valence-corrected chi connectivity index (χ1v) is 9.67. The van der Waals surface area contributed by atoms with Crippen LogP contribution in [-0.4, -0.2) is 45.8 Å². The Morgan fingerprint density at radius 2 is 1.84 bits per heavy atom. The van der Waals surface area contributed by atoms with Gasteiger partial charge in [0.25, 0.3) is 5.89 Å². The highest BCUT2D eigenvalue weighted by atomic mass is 19.4. The third kappa shape index (κ3) is 4.81. The Bertz CT molecular complexity index is 1030. The molecule has 0 radical (unpaired) electrons. The van der Waals surface area contributed by atoms with E-state index in [9.17, 15) is 13.2 Å². The van der Waals surface area contributed by atoms with Crippen LogP contribution in [-0.2, 0) is 12.6 Å². The zero-order valence-corrected chi connectivity index (χ0v) is 16.3. The van der Waals surface area contributed by atoms with Gasteiger partial charge in [0.1, 0.15) is 17.5 Å². The van der Waals surface area contributed by atoms with E-state index in [1.165, 1.54) is 24.4 Å². The third-order valence-corrected chi connectivity index (χ3v) is 4.87. The normalized spacial score (nSPS) is 15.1. The van der Waals surface area contributed by atoms with Gasteiger partial charge in [-0.25, -0.2) is 0 Å². The van der Waals surface area contributed by atoms with Crippen molar-refractivity contribution in [1.82, 2.24) is 20.4 Å². The lowest BCUT2D eigenvalue weighted by atomic mass is 10.1. The predicted molar refractivity (Wildman–Crippen MR) is 105 cm³/mol. The first kappa shape index (κ1) is 20.8. The molecule has 1 aliphatic heterocycles. The van der Waals surface area contributed by atoms with E-state index >= 15 is 0 Å². The van der Waals surface area contributed by atoms with E-state index in [4.69, 9.17) is 14.6 Å². The lowest BCUT2D eigenvalue weighted by Gasteiger charge is -2.33. The number of ether oxygens (including phenoxy) is 1. The number of halogens is 3. The molecule has 4 rings (SSSR count). The smallest absolute Gasteiger partial charge is 0.419 e. The summed E-state index contributed by atoms with van der Waals surface area (Å²) in [5.41, 5.74) is -0.335. The Morgan fingerprint density at radius 3 is 2.52 bits per heavy atom. The summed E-state index contributed by atoms with van der Waals surface area (Å²) in [6.07, 6.45) is -2.21. The number of benzene rings is 1. The van der Waals surface area contributed by atoms with Crippen molar-refractivity contribution in [3.05, 3.63) is 47.9 Å². The van der Waals surface area contributed by atoms with E-state index in [2.05, 4.69) is 20.4 Å². The maximum atomic E-state index is 13.2. The largest absolute Gasteiger partial charge is 0.490 e. The minimum absolute atomic E-state index is 0.139. The van der Waals surface area contributed by atoms with Gasteiger partial charge >= 0.3 is 6.18 Å². The Kier molecular flexibility index (Phi) is 5.83. The molecule has 0 bridgehead atoms. The molecular formula is C20H19F3N6O2. The first-order valence-electron chi connectivity index (χ1n) is 9.67. The number of hydrogen-bond donors (Lipinski definition) is 1. The number of para-hydroxylation sites is 1. The predicted octanol–water partition coefficient (Wildman–Crippen LogP) is 3.79. The van der Waals surface area contributed by atoms with Crippen LogP contribution < -0.4 is 9.64 Å². The first-order chi connectivity index (χ1) is 14.9. The fraction of sp³-hybridized carbons (Fsp3) is 0.350. The van der Waals surface area contributed by atoms with Crippen molar-refractivity contribution in [2.45, 2.75) is 31.5 Å². The highest BCUT2D eigenvalue weighted by Gasteiger charge is 2.35. The Morgan fingerprint density at radius 1 is 1.06 bits per heavy atom. The molecule has 1 N–H and O–H groups in total. The molecule has 0 saturated carbocycles. The maximum Gasteiger partial charge on any atom is 0.419 e. The summed E-state index contributed by atoms with van der Waals surface area (Å²) in [6.45, 7) is 1.16. The maximum absolute atomic E-state index is 13.2. The van der Waals surface area contributed by atoms with Gasteiger partial charge in [0.15, 0.2) is 5.82 Å². The average Bonchev–Trinajstić information content (AvgIpc) is 3.23. The molecule has 0 aliphatic carbocycles. The van der Waals surface area contributed by atoms with Crippen molar-refractivity contribution in [3.63, 3.8) is 0 Å². The zero-order chi connectivity index (χ0) is 21.8. The second-order valence-corrected chi connectivity index (χ2v) is 6.98. The van der Waals surface area contributed by atoms with Crippen LogP contribution in [0.4, 0.5) is 19.0 Å². The molecule has 0 atom stereocenters. The van der Waals surface area contributed by atoms with Crippen molar-refractivity contribution < 1.29 is 22.3 Å². The Labute approximate surface area is 175 Å². The van der Waals surface area contributed by atoms with Gasteiger partial charge in [-0.15, -0.1) is 20.4 Å². The van der Waals surface area contributed by atoms with E-state index in [0.717, 1.165) is 6.07 Å². The van der Waals surface area contributed by atoms with Crippen molar-refractivity contribution in [2.24, 2.45) is 0 Å². The number of rotatable bonds is 6. The van der Waals surface area contributed by atoms with E-state index in [1.54, 1.807) is 12.1 Å². The van der Waals surface area contributed by atoms with Crippen molar-refractivity contribution >= 4 is 12.0 Å². The Balaban J connectivity index is 1.36. The van der Waals surface area contributed by atoms with Gasteiger partial charge in [0.05, 0.1) is 12.0 Å². The monoisotopic (exact) mass is 432 g/mol. The molecule has 3 heterocycles. The minimum atomic E-state index is -4.45. The van der Waals surface area contributed by atoms with Crippen molar-refractivity contribution in [2.75, 3.05) is 18.0 Å². The molecule has 0 spiro atoms. The topological polar surface area (TPSA) is 101 Å². The third-order valence-electron chi connectivity index (χ3n) is 4.87. The van der Waals surface area contributed by atoms with Crippen LogP contribution in [0, 0.1) is 5.41 Å². The van der Waals surface area contributed by atoms with Crippen LogP contribution in [0.3, 0.4) is 0 Å². The molecule has 1 fully saturated rings. The van der Waals surface area contributed by atoms with Crippen molar-refractivity contribution in [3.8, 4) is 17.3 Å². The van der Waals surface area contributed by atoms with Crippen molar-refractivity contribution in [1.29, 1.82) is 5.41 Å². The number of alkyl halides is 3. The fourth-order valence-corrected chi connectivity index (χ4v) is 3.32. The van der Waals surface area contributed by atoms with Gasteiger partial charge in [-0.2, -0.15) is 13.2 Å². The van der Waals surface area contributed by atoms with Gasteiger partial charge in [0.2, 0.25) is 5.89 Å². The number of anilines is 1. The second kappa shape index (κ2) is 8.70. The van der Waals surface area contributed by atoms with Gasteiger partial charge in [-0.3, -0.25) is 0 Å². The minimum Gasteiger partial charge on any atom is -0.490 e. The van der Waals surface area contributed by atoms with Crippen LogP contribution in [0.5, 0.6) is 5.75 Å². The molecule has 162 valence electrons. The SMILES string of the molecule is N=CCc1nnc(-c2ccc(N3CCC(Oc4ccccc4C(F)(F)F)CC3)nn2)o1. The average molecular weight is 432 g/mol. The van der Waals surface area contributed by atoms with Crippen LogP contribution in [0.15, 0.2) is 40.8 Å². The number of aromatic nitrogens is 4. The summed E-state index contributed by atoms with van der Waals surface area (Å²) < 4.78 is 50.5. The molecular weight excluding hydrogens is 413 g/mol. The summed E-state index contributed by atoms with van der Waals surface area (Å²) in [4.78, 5) is 2.00. The summed E-state index contributed by atoms with van der Waals surface area (Å²) in [7, 11) is 0. The second-order valence-electron chi connectivity index (χ2n) is 6.98. The van der Waals surface area contributed by atoms with Crippen LogP contribution in [0.1, 0.15) is 24.3 Å². The standard InChI is InChI=1S/C20H19F3N6O2/c21-20(22,23)14-3-1-2-4-16(14)30-13-8-11-29(12-9-13)17-6-5-15(25-26-17)19-28-27-18(31-19)7-10-24/h1-6,10,13,24H,7-9,11-12H2. The molecule has 0 unspecified atom stereocenters. The zero-order valence-electron chi connectivity index (χ0n) is 16.3. The van der Waals surface area contributed by atoms with Gasteiger partial charge in [-0.1, -0.05) is 12.1 Å². The molecule has 31 heavy (non-hydrogen) atoms. The van der Waals surface area contributed by atoms with E-state index in [1.807, 2.05) is 4.90 Å². The summed E-state index contributed by atoms with van der Waals surface area (Å²) in [5, 5.41) is 23.1. The van der Waals surface area contributed by atoms with Gasteiger partial charge in [-0.05, 0) is 24.3 Å². The number of piperidine rings is 1. The van der Waals surface area contributed by atoms with Gasteiger partial charge < -0.3 is 19.5 Å². The summed E-state index contributed by atoms with van der Waals surface area (Å²) >= 11 is 0. The Hall–Kier alpha value is -3.50. The molecule has 1 aromatic carbocycles. The number of nitrogens with zero attached hydrogens (tertiary/aromatic N) is 5. The molecule has 3 aromatic rings. The van der Waals surface area contributed by atoms with Crippen LogP contribution >= 0.6 is 0 Å². The number of nitrogens with one attached hydrogen (secondary N) is 1. The summed E-state index contributed by atoms with van der Waals surface area (Å²) in [5.74, 6) is 1.06.